The Bertz CT molecular complexity index is 4040. The predicted octanol–water partition coefficient (Wildman–Crippen LogP) is 10.5. The van der Waals surface area contributed by atoms with Gasteiger partial charge < -0.3 is 51.7 Å². The van der Waals surface area contributed by atoms with Gasteiger partial charge in [-0.2, -0.15) is 0 Å². The van der Waals surface area contributed by atoms with E-state index in [2.05, 4.69) is 235 Å². The number of nitrogens with one attached hydrogen (secondary N) is 8. The second kappa shape index (κ2) is 25.5. The first-order valence-electron chi connectivity index (χ1n) is 31.8. The molecule has 4 aromatic carbocycles. The van der Waals surface area contributed by atoms with Crippen molar-refractivity contribution < 1.29 is 5.43 Å². The second-order valence-corrected chi connectivity index (χ2v) is 26.1. The molecule has 2 unspecified atom stereocenters. The molecule has 462 valence electrons. The molecule has 0 spiro atoms. The highest BCUT2D eigenvalue weighted by Gasteiger charge is 2.34. The van der Waals surface area contributed by atoms with Gasteiger partial charge in [0.25, 0.3) is 5.96 Å². The Morgan fingerprint density at radius 3 is 1.27 bits per heavy atom. The molecule has 5 aliphatic rings. The van der Waals surface area contributed by atoms with Gasteiger partial charge in [-0.05, 0) is 221 Å². The second-order valence-electron chi connectivity index (χ2n) is 26.1. The van der Waals surface area contributed by atoms with E-state index in [1.54, 1.807) is 0 Å². The zero-order chi connectivity index (χ0) is 62.2. The monoisotopic (exact) mass is 1190 g/mol. The zero-order valence-corrected chi connectivity index (χ0v) is 54.2. The molecule has 8 bridgehead atoms. The van der Waals surface area contributed by atoms with Crippen molar-refractivity contribution in [2.45, 2.75) is 203 Å². The van der Waals surface area contributed by atoms with Gasteiger partial charge in [0.05, 0.1) is 0 Å². The summed E-state index contributed by atoms with van der Waals surface area (Å²) in [4.78, 5) is 49.3. The number of fused-ring (bicyclic) bond motifs is 14. The average molecular weight is 1190 g/mol. The van der Waals surface area contributed by atoms with Crippen LogP contribution < -0.4 is 58.9 Å². The van der Waals surface area contributed by atoms with Crippen LogP contribution in [0.15, 0.2) is 123 Å². The highest BCUT2D eigenvalue weighted by molar-refractivity contribution is 6.26. The van der Waals surface area contributed by atoms with Crippen LogP contribution >= 0.6 is 0 Å². The normalized spacial score (nSPS) is 17.5. The quantitative estimate of drug-likeness (QED) is 0.0232. The third-order valence-corrected chi connectivity index (χ3v) is 15.2. The molecule has 0 saturated heterocycles. The summed E-state index contributed by atoms with van der Waals surface area (Å²) < 4.78 is 4.82. The van der Waals surface area contributed by atoms with Crippen molar-refractivity contribution in [3.8, 4) is 0 Å². The van der Waals surface area contributed by atoms with Crippen molar-refractivity contribution >= 4 is 103 Å². The summed E-state index contributed by atoms with van der Waals surface area (Å²) in [6.45, 7) is 33.7. The highest BCUT2D eigenvalue weighted by atomic mass is 15.4. The SMILES string of the molecule is CC(C)N=C(Nc1ccc2c(c1)C1=NC2=Nc2c3cc(NC(=NC(C)C)NC(C)C)ccc3c3n2C2CCCC(CC2)n2c(c4ccc(NC(=NC(C)C)NC(C)C)cc4c2=NC2=NC(=N3)c3cc(N/C(=N\[NH2+]C(C)C)NC(C)C)ccc32)=N1)NC(C)C. The van der Waals surface area contributed by atoms with Crippen LogP contribution in [0.2, 0.25) is 0 Å². The van der Waals surface area contributed by atoms with Crippen molar-refractivity contribution in [3.05, 3.63) is 106 Å². The van der Waals surface area contributed by atoms with E-state index in [1.807, 2.05) is 5.43 Å². The fourth-order valence-electron chi connectivity index (χ4n) is 11.9. The number of quaternary nitrogens is 1. The number of amidine groups is 4. The van der Waals surface area contributed by atoms with E-state index >= 15 is 0 Å². The third-order valence-electron chi connectivity index (χ3n) is 15.2. The van der Waals surface area contributed by atoms with Gasteiger partial charge in [-0.25, -0.2) is 35.4 Å². The van der Waals surface area contributed by atoms with Gasteiger partial charge in [-0.1, -0.05) is 0 Å². The van der Waals surface area contributed by atoms with Crippen molar-refractivity contribution in [2.24, 2.45) is 50.0 Å². The number of guanidine groups is 4. The summed E-state index contributed by atoms with van der Waals surface area (Å²) in [5.41, 5.74) is 10.3. The van der Waals surface area contributed by atoms with Gasteiger partial charge in [0, 0.05) is 121 Å². The Morgan fingerprint density at radius 1 is 0.398 bits per heavy atom. The van der Waals surface area contributed by atoms with Gasteiger partial charge in [0.15, 0.2) is 41.2 Å². The first kappa shape index (κ1) is 60.9. The van der Waals surface area contributed by atoms with Gasteiger partial charge in [0.1, 0.15) is 28.7 Å². The van der Waals surface area contributed by atoms with E-state index in [0.29, 0.717) is 47.2 Å². The number of rotatable bonds is 13. The molecule has 4 aliphatic heterocycles. The first-order valence-corrected chi connectivity index (χ1v) is 31.8. The summed E-state index contributed by atoms with van der Waals surface area (Å²) in [5.74, 6) is 6.45. The molecule has 2 aromatic heterocycles. The van der Waals surface area contributed by atoms with Crippen molar-refractivity contribution in [1.82, 2.24) is 30.4 Å². The van der Waals surface area contributed by atoms with Crippen LogP contribution in [-0.4, -0.2) is 105 Å². The smallest absolute Gasteiger partial charge is 0.254 e. The minimum absolute atomic E-state index is 0.0117. The van der Waals surface area contributed by atoms with Crippen LogP contribution in [-0.2, 0) is 0 Å². The molecular formula is C67H90N21+. The minimum Gasteiger partial charge on any atom is -0.354 e. The summed E-state index contributed by atoms with van der Waals surface area (Å²) in [5, 5.41) is 37.3. The maximum absolute atomic E-state index is 5.83. The standard InChI is InChI=1S/C67H89N21/c1-34(2)68-64(69-35(3)4)75-42-20-26-48-52(30-42)58-79-56(48)81-62-55-33-45(77-66(72-38(9)10)73-39(11)12)23-29-51(55)61-84-59-53-31-43(78-67(74-40(13)14)86-85-41(15)16)21-27-49(53)57(80-59)82-63-54-32-44(76-65(70-36(5)6)71-37(7)8)22-28-50(54)60(83-58)87(63)46-18-17-19-47(25-24-46)88(61)62/h20-23,26-41,46-47,85H,17-19,24-25H2,1-16H3,(H2,68,69,75)(H2,70,71,76)(H2,72,73,77)(H2,74,78,86)/p+1. The van der Waals surface area contributed by atoms with Gasteiger partial charge >= 0.3 is 0 Å². The molecular weight excluding hydrogens is 1100 g/mol. The lowest BCUT2D eigenvalue weighted by Crippen LogP contribution is -2.83. The van der Waals surface area contributed by atoms with Gasteiger partial charge in [-0.3, -0.25) is 15.0 Å². The summed E-state index contributed by atoms with van der Waals surface area (Å²) in [6, 6.07) is 26.6. The molecule has 11 rings (SSSR count). The van der Waals surface area contributed by atoms with Crippen molar-refractivity contribution in [2.75, 3.05) is 21.3 Å². The van der Waals surface area contributed by atoms with Crippen LogP contribution in [0.3, 0.4) is 0 Å². The lowest BCUT2D eigenvalue weighted by Gasteiger charge is -2.21. The van der Waals surface area contributed by atoms with Crippen molar-refractivity contribution in [3.63, 3.8) is 0 Å². The molecule has 6 aromatic rings. The maximum atomic E-state index is 5.83. The van der Waals surface area contributed by atoms with Crippen LogP contribution in [0, 0.1) is 0 Å². The molecule has 10 N–H and O–H groups in total. The number of nitrogens with zero attached hydrogens (tertiary/aromatic N) is 12. The number of aromatic nitrogens is 2. The minimum atomic E-state index is -0.0122. The molecule has 0 amide bonds. The topological polar surface area (TPSA) is 246 Å². The van der Waals surface area contributed by atoms with Crippen LogP contribution in [0.5, 0.6) is 0 Å². The Morgan fingerprint density at radius 2 is 0.784 bits per heavy atom. The Labute approximate surface area is 517 Å². The molecule has 1 aliphatic carbocycles. The van der Waals surface area contributed by atoms with Gasteiger partial charge in [0.2, 0.25) is 0 Å². The zero-order valence-electron chi connectivity index (χ0n) is 54.2. The molecule has 1 fully saturated rings. The first-order chi connectivity index (χ1) is 42.1. The molecule has 88 heavy (non-hydrogen) atoms. The van der Waals surface area contributed by atoms with E-state index in [4.69, 9.17) is 50.0 Å². The van der Waals surface area contributed by atoms with E-state index < -0.39 is 0 Å². The lowest BCUT2D eigenvalue weighted by molar-refractivity contribution is -0.689. The Hall–Kier alpha value is -8.72. The molecule has 6 heterocycles. The third kappa shape index (κ3) is 13.4. The van der Waals surface area contributed by atoms with E-state index in [0.717, 1.165) is 121 Å². The molecule has 1 saturated carbocycles. The van der Waals surface area contributed by atoms with E-state index in [9.17, 15) is 0 Å². The molecule has 2 atom stereocenters. The largest absolute Gasteiger partial charge is 0.354 e. The number of aliphatic imine (C=N–C) groups is 7. The molecule has 21 heteroatoms. The number of nitrogens with two attached hydrogens (primary N) is 1. The number of benzene rings is 4. The summed E-state index contributed by atoms with van der Waals surface area (Å²) >= 11 is 0. The molecule has 0 radical (unpaired) electrons. The van der Waals surface area contributed by atoms with Gasteiger partial charge in [-0.15, -0.1) is 0 Å². The Kier molecular flexibility index (Phi) is 17.7. The molecule has 21 nitrogen and oxygen atoms in total. The average Bonchev–Trinajstić information content (AvgIpc) is 1.63. The van der Waals surface area contributed by atoms with Crippen LogP contribution in [0.25, 0.3) is 21.5 Å². The predicted molar refractivity (Wildman–Crippen MR) is 365 cm³/mol. The summed E-state index contributed by atoms with van der Waals surface area (Å²) in [7, 11) is 0. The van der Waals surface area contributed by atoms with Crippen LogP contribution in [0.4, 0.5) is 34.4 Å². The highest BCUT2D eigenvalue weighted by Crippen LogP contribution is 2.47. The summed E-state index contributed by atoms with van der Waals surface area (Å²) in [6.07, 6.45) is 4.39. The fraction of sp³-hybridized carbons (Fsp3) is 0.463. The van der Waals surface area contributed by atoms with Crippen molar-refractivity contribution in [1.29, 1.82) is 0 Å². The fourth-order valence-corrected chi connectivity index (χ4v) is 11.9. The number of hydrogen-bond acceptors (Lipinski definition) is 10. The lowest BCUT2D eigenvalue weighted by atomic mass is 10.1. The van der Waals surface area contributed by atoms with E-state index in [-0.39, 0.29) is 60.4 Å². The Balaban J connectivity index is 1.25. The maximum Gasteiger partial charge on any atom is 0.254 e. The number of anilines is 4. The van der Waals surface area contributed by atoms with Crippen LogP contribution in [0.1, 0.15) is 177 Å². The number of hydrogen-bond donors (Lipinski definition) is 9. The van der Waals surface area contributed by atoms with E-state index in [1.165, 1.54) is 0 Å².